The van der Waals surface area contributed by atoms with Gasteiger partial charge in [0.15, 0.2) is 5.82 Å². The molecule has 4 aromatic heterocycles. The highest BCUT2D eigenvalue weighted by molar-refractivity contribution is 6.05. The van der Waals surface area contributed by atoms with E-state index >= 15 is 0 Å². The number of hydrogen-bond donors (Lipinski definition) is 3. The summed E-state index contributed by atoms with van der Waals surface area (Å²) in [6, 6.07) is 17.8. The van der Waals surface area contributed by atoms with Gasteiger partial charge in [0, 0.05) is 77.8 Å². The van der Waals surface area contributed by atoms with Gasteiger partial charge >= 0.3 is 17.8 Å². The molecule has 10 rings (SSSR count). The molecular formula is C49H55N11O5. The lowest BCUT2D eigenvalue weighted by Crippen LogP contribution is -2.49. The monoisotopic (exact) mass is 877 g/mol. The highest BCUT2D eigenvalue weighted by Crippen LogP contribution is 2.46. The molecular weight excluding hydrogens is 823 g/mol. The number of ether oxygens (including phenoxy) is 1. The standard InChI is InChI=1S/C49H55N11O5/c1-29-22-32(6-11-36(29)30(2)53-44(62)45-56-46(57-65-45)48(3,4)5)41-37-24-38(54-43(37)52-28-51-41)33-23-39-42(50-25-33)49(27-64-39)15-20-58(21-16-49)26-31-12-17-59(18-13-31)34-7-9-35(10-8-34)60-19-14-40(61)55-47(60)63/h6-11,22-25,28,30-31H,12-21,26-27H2,1-5H3,(H,53,62)(H,51,52,54)(H,55,61,63)/t30-/m1/s1. The van der Waals surface area contributed by atoms with Crippen molar-refractivity contribution >= 4 is 40.3 Å². The van der Waals surface area contributed by atoms with Crippen molar-refractivity contribution in [2.24, 2.45) is 5.92 Å². The molecule has 336 valence electrons. The molecule has 4 amide bonds. The summed E-state index contributed by atoms with van der Waals surface area (Å²) < 4.78 is 11.7. The molecule has 1 spiro atoms. The number of urea groups is 1. The lowest BCUT2D eigenvalue weighted by atomic mass is 9.76. The highest BCUT2D eigenvalue weighted by atomic mass is 16.5. The number of carbonyl (C=O) groups is 3. The van der Waals surface area contributed by atoms with Crippen molar-refractivity contribution in [2.45, 2.75) is 83.6 Å². The first-order valence-corrected chi connectivity index (χ1v) is 22.7. The lowest BCUT2D eigenvalue weighted by molar-refractivity contribution is -0.120. The van der Waals surface area contributed by atoms with Crippen LogP contribution < -0.4 is 25.2 Å². The summed E-state index contributed by atoms with van der Waals surface area (Å²) in [6.07, 6.45) is 8.19. The third kappa shape index (κ3) is 8.31. The minimum absolute atomic E-state index is 0.0524. The number of anilines is 2. The number of aryl methyl sites for hydroxylation is 1. The maximum atomic E-state index is 13.0. The van der Waals surface area contributed by atoms with E-state index in [4.69, 9.17) is 19.2 Å². The Labute approximate surface area is 377 Å². The maximum Gasteiger partial charge on any atom is 0.328 e. The summed E-state index contributed by atoms with van der Waals surface area (Å²) in [5.74, 6) is 1.31. The first-order chi connectivity index (χ1) is 31.3. The number of nitrogens with one attached hydrogen (secondary N) is 3. The van der Waals surface area contributed by atoms with Crippen LogP contribution in [0.15, 0.2) is 71.6 Å². The Bertz CT molecular complexity index is 2780. The molecule has 16 heteroatoms. The Hall–Kier alpha value is -6.68. The Balaban J connectivity index is 0.748. The molecule has 65 heavy (non-hydrogen) atoms. The Kier molecular flexibility index (Phi) is 10.9. The van der Waals surface area contributed by atoms with Crippen LogP contribution in [0.4, 0.5) is 16.2 Å². The topological polar surface area (TPSA) is 188 Å². The minimum atomic E-state index is -0.414. The molecule has 1 atom stereocenters. The third-order valence-electron chi connectivity index (χ3n) is 13.8. The quantitative estimate of drug-likeness (QED) is 0.132. The lowest BCUT2D eigenvalue weighted by Gasteiger charge is -2.41. The molecule has 3 saturated heterocycles. The maximum absolute atomic E-state index is 13.0. The van der Waals surface area contributed by atoms with Gasteiger partial charge in [0.05, 0.1) is 29.5 Å². The average molecular weight is 878 g/mol. The Morgan fingerprint density at radius 1 is 0.938 bits per heavy atom. The van der Waals surface area contributed by atoms with Gasteiger partial charge < -0.3 is 29.4 Å². The van der Waals surface area contributed by atoms with Crippen molar-refractivity contribution in [1.29, 1.82) is 0 Å². The van der Waals surface area contributed by atoms with E-state index < -0.39 is 5.91 Å². The largest absolute Gasteiger partial charge is 0.491 e. The van der Waals surface area contributed by atoms with Crippen LogP contribution in [0.2, 0.25) is 0 Å². The van der Waals surface area contributed by atoms with Gasteiger partial charge in [-0.2, -0.15) is 4.98 Å². The molecule has 0 aliphatic carbocycles. The molecule has 4 aliphatic rings. The van der Waals surface area contributed by atoms with Crippen LogP contribution in [0.5, 0.6) is 5.75 Å². The highest BCUT2D eigenvalue weighted by Gasteiger charge is 2.45. The van der Waals surface area contributed by atoms with Crippen LogP contribution in [0.3, 0.4) is 0 Å². The van der Waals surface area contributed by atoms with Crippen molar-refractivity contribution in [3.8, 4) is 28.3 Å². The molecule has 0 unspecified atom stereocenters. The van der Waals surface area contributed by atoms with Gasteiger partial charge in [0.2, 0.25) is 5.91 Å². The van der Waals surface area contributed by atoms with Crippen LogP contribution in [-0.4, -0.2) is 98.7 Å². The predicted molar refractivity (Wildman–Crippen MR) is 246 cm³/mol. The van der Waals surface area contributed by atoms with E-state index in [1.165, 1.54) is 5.69 Å². The molecule has 3 N–H and O–H groups in total. The van der Waals surface area contributed by atoms with Crippen molar-refractivity contribution in [1.82, 2.24) is 45.6 Å². The number of H-pyrrole nitrogens is 1. The SMILES string of the molecule is Cc1cc(-c2ncnc3[nH]c(-c4cnc5c(c4)OCC54CCN(CC5CCN(c6ccc(N7CCC(=O)NC7=O)cc6)CC5)CC4)cc23)ccc1[C@@H](C)NC(=O)c1nc(C(C)(C)C)no1. The van der Waals surface area contributed by atoms with Gasteiger partial charge in [0.1, 0.15) is 17.7 Å². The van der Waals surface area contributed by atoms with E-state index in [0.29, 0.717) is 31.3 Å². The van der Waals surface area contributed by atoms with E-state index in [-0.39, 0.29) is 34.7 Å². The van der Waals surface area contributed by atoms with Gasteiger partial charge in [-0.1, -0.05) is 38.1 Å². The number of imide groups is 1. The second kappa shape index (κ2) is 16.7. The number of amides is 4. The van der Waals surface area contributed by atoms with Gasteiger partial charge in [-0.25, -0.2) is 14.8 Å². The second-order valence-electron chi connectivity index (χ2n) is 19.2. The van der Waals surface area contributed by atoms with E-state index in [1.54, 1.807) is 11.2 Å². The summed E-state index contributed by atoms with van der Waals surface area (Å²) in [6.45, 7) is 16.1. The fourth-order valence-corrected chi connectivity index (χ4v) is 9.91. The summed E-state index contributed by atoms with van der Waals surface area (Å²) >= 11 is 0. The van der Waals surface area contributed by atoms with Crippen LogP contribution in [0.25, 0.3) is 33.5 Å². The number of carbonyl (C=O) groups excluding carboxylic acids is 3. The molecule has 2 aromatic carbocycles. The van der Waals surface area contributed by atoms with E-state index in [1.807, 2.05) is 65.1 Å². The normalized spacial score (nSPS) is 18.5. The van der Waals surface area contributed by atoms with Crippen LogP contribution in [0.1, 0.15) is 99.2 Å². The molecule has 3 fully saturated rings. The smallest absolute Gasteiger partial charge is 0.328 e. The second-order valence-corrected chi connectivity index (χ2v) is 19.2. The molecule has 0 radical (unpaired) electrons. The molecule has 16 nitrogen and oxygen atoms in total. The van der Waals surface area contributed by atoms with E-state index in [9.17, 15) is 14.4 Å². The zero-order valence-corrected chi connectivity index (χ0v) is 37.6. The van der Waals surface area contributed by atoms with E-state index in [2.05, 4.69) is 70.9 Å². The fraction of sp³-hybridized carbons (Fsp3) is 0.429. The van der Waals surface area contributed by atoms with Gasteiger partial charge in [-0.05, 0) is 112 Å². The number of aromatic amines is 1. The summed E-state index contributed by atoms with van der Waals surface area (Å²) in [4.78, 5) is 65.7. The molecule has 0 saturated carbocycles. The number of likely N-dealkylation sites (tertiary alicyclic amines) is 1. The fourth-order valence-electron chi connectivity index (χ4n) is 9.91. The Morgan fingerprint density at radius 2 is 1.71 bits per heavy atom. The van der Waals surface area contributed by atoms with Crippen molar-refractivity contribution in [2.75, 3.05) is 55.7 Å². The molecule has 8 heterocycles. The number of rotatable bonds is 9. The van der Waals surface area contributed by atoms with Gasteiger partial charge in [0.25, 0.3) is 0 Å². The molecule has 4 aliphatic heterocycles. The number of aromatic nitrogens is 6. The molecule has 0 bridgehead atoms. The van der Waals surface area contributed by atoms with Crippen molar-refractivity contribution < 1.29 is 23.6 Å². The average Bonchev–Trinajstić information content (AvgIpc) is 4.06. The molecule has 6 aromatic rings. The van der Waals surface area contributed by atoms with Crippen LogP contribution >= 0.6 is 0 Å². The van der Waals surface area contributed by atoms with Crippen molar-refractivity contribution in [3.63, 3.8) is 0 Å². The van der Waals surface area contributed by atoms with Crippen LogP contribution in [0, 0.1) is 12.8 Å². The zero-order chi connectivity index (χ0) is 45.0. The van der Waals surface area contributed by atoms with Crippen molar-refractivity contribution in [3.05, 3.63) is 95.7 Å². The summed E-state index contributed by atoms with van der Waals surface area (Å²) in [7, 11) is 0. The minimum Gasteiger partial charge on any atom is -0.491 e. The Morgan fingerprint density at radius 3 is 2.43 bits per heavy atom. The summed E-state index contributed by atoms with van der Waals surface area (Å²) in [5, 5.41) is 10.3. The summed E-state index contributed by atoms with van der Waals surface area (Å²) in [5.41, 5.74) is 8.94. The number of fused-ring (bicyclic) bond motifs is 3. The first-order valence-electron chi connectivity index (χ1n) is 22.7. The predicted octanol–water partition coefficient (Wildman–Crippen LogP) is 7.26. The third-order valence-corrected chi connectivity index (χ3v) is 13.8. The van der Waals surface area contributed by atoms with E-state index in [0.717, 1.165) is 120 Å². The van der Waals surface area contributed by atoms with Gasteiger partial charge in [-0.15, -0.1) is 0 Å². The first kappa shape index (κ1) is 42.3. The van der Waals surface area contributed by atoms with Gasteiger partial charge in [-0.3, -0.25) is 24.8 Å². The zero-order valence-electron chi connectivity index (χ0n) is 37.6. The number of hydrogen-bond acceptors (Lipinski definition) is 12. The number of pyridine rings is 1. The number of nitrogens with zero attached hydrogens (tertiary/aromatic N) is 8. The van der Waals surface area contributed by atoms with Crippen LogP contribution in [-0.2, 0) is 15.6 Å². The number of benzene rings is 2. The number of piperidine rings is 2.